The summed E-state index contributed by atoms with van der Waals surface area (Å²) in [6, 6.07) is 8.18. The van der Waals surface area contributed by atoms with Gasteiger partial charge < -0.3 is 5.11 Å². The molecule has 0 fully saturated rings. The van der Waals surface area contributed by atoms with E-state index in [9.17, 15) is 5.11 Å². The van der Waals surface area contributed by atoms with E-state index in [2.05, 4.69) is 44.7 Å². The lowest BCUT2D eigenvalue weighted by Crippen LogP contribution is -2.37. The van der Waals surface area contributed by atoms with E-state index >= 15 is 0 Å². The Hall–Kier alpha value is -2.02. The lowest BCUT2D eigenvalue weighted by Gasteiger charge is -2.29. The zero-order chi connectivity index (χ0) is 16.8. The molecule has 5 nitrogen and oxygen atoms in total. The molecule has 0 aliphatic rings. The van der Waals surface area contributed by atoms with Gasteiger partial charge >= 0.3 is 0 Å². The summed E-state index contributed by atoms with van der Waals surface area (Å²) in [5.41, 5.74) is 2.39. The fraction of sp³-hybridized carbons (Fsp3) is 0.333. The second kappa shape index (κ2) is 8.19. The van der Waals surface area contributed by atoms with Gasteiger partial charge in [0.2, 0.25) is 5.95 Å². The van der Waals surface area contributed by atoms with Crippen LogP contribution in [0.1, 0.15) is 24.6 Å². The van der Waals surface area contributed by atoms with Gasteiger partial charge in [-0.25, -0.2) is 9.97 Å². The summed E-state index contributed by atoms with van der Waals surface area (Å²) in [6.45, 7) is 3.83. The number of aliphatic hydroxyl groups is 1. The predicted octanol–water partition coefficient (Wildman–Crippen LogP) is 3.10. The molecule has 3 aromatic heterocycles. The monoisotopic (exact) mass is 342 g/mol. The van der Waals surface area contributed by atoms with Crippen molar-refractivity contribution in [3.05, 3.63) is 64.9 Å². The maximum absolute atomic E-state index is 9.77. The van der Waals surface area contributed by atoms with Crippen molar-refractivity contribution >= 4 is 11.3 Å². The molecule has 24 heavy (non-hydrogen) atoms. The van der Waals surface area contributed by atoms with Gasteiger partial charge in [0.15, 0.2) is 0 Å². The van der Waals surface area contributed by atoms with Gasteiger partial charge in [0.05, 0.1) is 6.61 Å². The van der Waals surface area contributed by atoms with Crippen LogP contribution in [-0.2, 0) is 13.1 Å². The van der Waals surface area contributed by atoms with Crippen LogP contribution in [0.4, 0.5) is 0 Å². The highest BCUT2D eigenvalue weighted by Gasteiger charge is 2.19. The first kappa shape index (κ1) is 16.8. The predicted molar refractivity (Wildman–Crippen MR) is 96.1 cm³/mol. The summed E-state index contributed by atoms with van der Waals surface area (Å²) in [5, 5.41) is 14.0. The third-order valence-electron chi connectivity index (χ3n) is 4.13. The van der Waals surface area contributed by atoms with Crippen LogP contribution >= 0.6 is 11.3 Å². The third-order valence-corrected chi connectivity index (χ3v) is 4.86. The number of thiophene rings is 1. The molecule has 0 bridgehead atoms. The Labute approximate surface area is 146 Å². The van der Waals surface area contributed by atoms with Crippen molar-refractivity contribution in [1.82, 2.24) is 19.4 Å². The van der Waals surface area contributed by atoms with E-state index in [1.807, 2.05) is 22.9 Å². The second-order valence-corrected chi connectivity index (χ2v) is 6.48. The van der Waals surface area contributed by atoms with Crippen LogP contribution in [0.15, 0.2) is 53.6 Å². The van der Waals surface area contributed by atoms with E-state index in [1.165, 1.54) is 5.56 Å². The van der Waals surface area contributed by atoms with E-state index in [1.54, 1.807) is 23.7 Å². The minimum absolute atomic E-state index is 0.130. The van der Waals surface area contributed by atoms with Crippen molar-refractivity contribution in [3.8, 4) is 5.95 Å². The average molecular weight is 342 g/mol. The largest absolute Gasteiger partial charge is 0.395 e. The van der Waals surface area contributed by atoms with Crippen LogP contribution in [-0.4, -0.2) is 37.2 Å². The van der Waals surface area contributed by atoms with Crippen LogP contribution < -0.4 is 0 Å². The van der Waals surface area contributed by atoms with E-state index in [0.29, 0.717) is 5.95 Å². The van der Waals surface area contributed by atoms with Crippen molar-refractivity contribution in [2.24, 2.45) is 0 Å². The number of aliphatic hydroxyl groups excluding tert-OH is 1. The number of hydrogen-bond donors (Lipinski definition) is 1. The first-order chi connectivity index (χ1) is 11.8. The van der Waals surface area contributed by atoms with E-state index in [4.69, 9.17) is 0 Å². The van der Waals surface area contributed by atoms with Crippen molar-refractivity contribution < 1.29 is 5.11 Å². The highest BCUT2D eigenvalue weighted by Crippen LogP contribution is 2.18. The first-order valence-corrected chi connectivity index (χ1v) is 9.05. The minimum Gasteiger partial charge on any atom is -0.395 e. The normalized spacial score (nSPS) is 12.6. The van der Waals surface area contributed by atoms with Gasteiger partial charge in [-0.15, -0.1) is 0 Å². The quantitative estimate of drug-likeness (QED) is 0.683. The number of nitrogens with zero attached hydrogens (tertiary/aromatic N) is 4. The van der Waals surface area contributed by atoms with Crippen LogP contribution in [0.5, 0.6) is 0 Å². The van der Waals surface area contributed by atoms with Crippen molar-refractivity contribution in [2.75, 3.05) is 6.61 Å². The molecule has 0 amide bonds. The van der Waals surface area contributed by atoms with Gasteiger partial charge in [0.1, 0.15) is 0 Å². The van der Waals surface area contributed by atoms with Gasteiger partial charge in [-0.3, -0.25) is 9.47 Å². The topological polar surface area (TPSA) is 54.2 Å². The van der Waals surface area contributed by atoms with Crippen LogP contribution in [0.3, 0.4) is 0 Å². The Balaban J connectivity index is 1.84. The van der Waals surface area contributed by atoms with E-state index < -0.39 is 0 Å². The standard InChI is InChI=1S/C18H22N4OS/c1-2-16(13-23)21(11-15-6-10-24-14-15)12-17-5-3-9-22(17)18-19-7-4-8-20-18/h3-10,14,16,23H,2,11-13H2,1H3/t16-/m1/s1. The molecule has 3 heterocycles. The Morgan fingerprint density at radius 1 is 1.21 bits per heavy atom. The smallest absolute Gasteiger partial charge is 0.233 e. The zero-order valence-electron chi connectivity index (χ0n) is 13.7. The maximum atomic E-state index is 9.77. The van der Waals surface area contributed by atoms with Crippen molar-refractivity contribution in [3.63, 3.8) is 0 Å². The number of rotatable bonds is 8. The van der Waals surface area contributed by atoms with Crippen LogP contribution in [0.2, 0.25) is 0 Å². The highest BCUT2D eigenvalue weighted by molar-refractivity contribution is 7.07. The molecule has 0 unspecified atom stereocenters. The Kier molecular flexibility index (Phi) is 5.74. The Morgan fingerprint density at radius 3 is 2.71 bits per heavy atom. The molecule has 1 atom stereocenters. The lowest BCUT2D eigenvalue weighted by atomic mass is 10.1. The summed E-state index contributed by atoms with van der Waals surface area (Å²) >= 11 is 1.70. The molecule has 0 aromatic carbocycles. The summed E-state index contributed by atoms with van der Waals surface area (Å²) < 4.78 is 2.00. The van der Waals surface area contributed by atoms with Crippen LogP contribution in [0.25, 0.3) is 5.95 Å². The molecule has 0 aliphatic heterocycles. The average Bonchev–Trinajstić information content (AvgIpc) is 3.28. The number of aromatic nitrogens is 3. The third kappa shape index (κ3) is 3.90. The summed E-state index contributed by atoms with van der Waals surface area (Å²) in [4.78, 5) is 11.0. The molecular formula is C18H22N4OS. The number of hydrogen-bond acceptors (Lipinski definition) is 5. The molecule has 0 spiro atoms. The fourth-order valence-electron chi connectivity index (χ4n) is 2.80. The summed E-state index contributed by atoms with van der Waals surface area (Å²) in [7, 11) is 0. The van der Waals surface area contributed by atoms with Gasteiger partial charge in [-0.05, 0) is 47.0 Å². The van der Waals surface area contributed by atoms with Crippen LogP contribution in [0, 0.1) is 0 Å². The summed E-state index contributed by atoms with van der Waals surface area (Å²) in [6.07, 6.45) is 6.38. The molecule has 126 valence electrons. The molecule has 3 rings (SSSR count). The Bertz CT molecular complexity index is 723. The molecule has 1 N–H and O–H groups in total. The van der Waals surface area contributed by atoms with Crippen molar-refractivity contribution in [2.45, 2.75) is 32.5 Å². The van der Waals surface area contributed by atoms with E-state index in [0.717, 1.165) is 25.2 Å². The lowest BCUT2D eigenvalue weighted by molar-refractivity contribution is 0.105. The molecule has 0 aliphatic carbocycles. The molecule has 6 heteroatoms. The molecule has 0 saturated carbocycles. The van der Waals surface area contributed by atoms with E-state index in [-0.39, 0.29) is 12.6 Å². The first-order valence-electron chi connectivity index (χ1n) is 8.11. The molecule has 0 saturated heterocycles. The van der Waals surface area contributed by atoms with Gasteiger partial charge in [-0.2, -0.15) is 11.3 Å². The fourth-order valence-corrected chi connectivity index (χ4v) is 3.46. The minimum atomic E-state index is 0.130. The van der Waals surface area contributed by atoms with Gasteiger partial charge in [0.25, 0.3) is 0 Å². The maximum Gasteiger partial charge on any atom is 0.233 e. The molecular weight excluding hydrogens is 320 g/mol. The summed E-state index contributed by atoms with van der Waals surface area (Å²) in [5.74, 6) is 0.671. The second-order valence-electron chi connectivity index (χ2n) is 5.70. The molecule has 0 radical (unpaired) electrons. The van der Waals surface area contributed by atoms with Crippen molar-refractivity contribution in [1.29, 1.82) is 0 Å². The van der Waals surface area contributed by atoms with Gasteiger partial charge in [-0.1, -0.05) is 6.92 Å². The SMILES string of the molecule is CC[C@H](CO)N(Cc1ccsc1)Cc1cccn1-c1ncccn1. The zero-order valence-corrected chi connectivity index (χ0v) is 14.6. The Morgan fingerprint density at radius 2 is 2.04 bits per heavy atom. The molecule has 3 aromatic rings. The van der Waals surface area contributed by atoms with Gasteiger partial charge in [0, 0.05) is 43.4 Å². The highest BCUT2D eigenvalue weighted by atomic mass is 32.1.